The van der Waals surface area contributed by atoms with Crippen LogP contribution in [0.15, 0.2) is 36.5 Å². The number of benzene rings is 1. The number of aryl methyl sites for hydroxylation is 1. The van der Waals surface area contributed by atoms with Gasteiger partial charge in [-0.3, -0.25) is 0 Å². The maximum absolute atomic E-state index is 13.3. The van der Waals surface area contributed by atoms with Gasteiger partial charge in [0.2, 0.25) is 5.82 Å². The standard InChI is InChI=1S/C16H11F3N4/c1-10-6-13-14(21-8-10)23(15(22-13)16(17,18)19)9-12-4-2-11(7-20)3-5-12/h2-6,8H,9H2,1H3. The molecule has 1 aromatic carbocycles. The number of rotatable bonds is 2. The van der Waals surface area contributed by atoms with E-state index in [2.05, 4.69) is 9.97 Å². The fraction of sp³-hybridized carbons (Fsp3) is 0.188. The van der Waals surface area contributed by atoms with Gasteiger partial charge in [0.25, 0.3) is 0 Å². The molecule has 2 heterocycles. The van der Waals surface area contributed by atoms with Crippen LogP contribution in [0, 0.1) is 18.3 Å². The van der Waals surface area contributed by atoms with Crippen molar-refractivity contribution >= 4 is 11.2 Å². The average molecular weight is 316 g/mol. The van der Waals surface area contributed by atoms with Crippen molar-refractivity contribution in [2.75, 3.05) is 0 Å². The molecule has 7 heteroatoms. The first-order valence-electron chi connectivity index (χ1n) is 6.77. The van der Waals surface area contributed by atoms with Gasteiger partial charge >= 0.3 is 6.18 Å². The normalized spacial score (nSPS) is 11.6. The van der Waals surface area contributed by atoms with Crippen molar-refractivity contribution in [1.29, 1.82) is 5.26 Å². The van der Waals surface area contributed by atoms with Crippen LogP contribution >= 0.6 is 0 Å². The molecule has 0 aliphatic carbocycles. The van der Waals surface area contributed by atoms with Crippen LogP contribution in [0.3, 0.4) is 0 Å². The number of pyridine rings is 1. The van der Waals surface area contributed by atoms with Crippen LogP contribution in [0.4, 0.5) is 13.2 Å². The van der Waals surface area contributed by atoms with Crippen molar-refractivity contribution in [3.05, 3.63) is 59.0 Å². The highest BCUT2D eigenvalue weighted by Gasteiger charge is 2.37. The molecule has 116 valence electrons. The van der Waals surface area contributed by atoms with Crippen LogP contribution in [-0.4, -0.2) is 14.5 Å². The number of alkyl halides is 3. The summed E-state index contributed by atoms with van der Waals surface area (Å²) in [6.07, 6.45) is -3.05. The summed E-state index contributed by atoms with van der Waals surface area (Å²) in [4.78, 5) is 7.79. The number of hydrogen-bond acceptors (Lipinski definition) is 3. The summed E-state index contributed by atoms with van der Waals surface area (Å²) in [6, 6.07) is 9.93. The average Bonchev–Trinajstić information content (AvgIpc) is 2.86. The smallest absolute Gasteiger partial charge is 0.301 e. The second-order valence-electron chi connectivity index (χ2n) is 5.18. The van der Waals surface area contributed by atoms with Gasteiger partial charge in [0.15, 0.2) is 5.65 Å². The molecule has 0 aliphatic rings. The maximum atomic E-state index is 13.3. The Kier molecular flexibility index (Phi) is 3.52. The minimum absolute atomic E-state index is 0.0207. The number of halogens is 3. The Morgan fingerprint density at radius 3 is 2.52 bits per heavy atom. The first kappa shape index (κ1) is 15.0. The summed E-state index contributed by atoms with van der Waals surface area (Å²) in [5.41, 5.74) is 2.23. The zero-order valence-electron chi connectivity index (χ0n) is 12.1. The zero-order chi connectivity index (χ0) is 16.6. The maximum Gasteiger partial charge on any atom is 0.449 e. The van der Waals surface area contributed by atoms with Crippen LogP contribution < -0.4 is 0 Å². The highest BCUT2D eigenvalue weighted by atomic mass is 19.4. The van der Waals surface area contributed by atoms with Crippen molar-refractivity contribution in [2.24, 2.45) is 0 Å². The first-order valence-corrected chi connectivity index (χ1v) is 6.77. The second kappa shape index (κ2) is 5.39. The quantitative estimate of drug-likeness (QED) is 0.724. The van der Waals surface area contributed by atoms with Gasteiger partial charge in [-0.25, -0.2) is 9.97 Å². The molecule has 0 saturated carbocycles. The molecule has 4 nitrogen and oxygen atoms in total. The minimum Gasteiger partial charge on any atom is -0.301 e. The van der Waals surface area contributed by atoms with Gasteiger partial charge in [-0.15, -0.1) is 0 Å². The molecule has 0 unspecified atom stereocenters. The van der Waals surface area contributed by atoms with Crippen LogP contribution in [0.5, 0.6) is 0 Å². The number of imidazole rings is 1. The number of nitrogens with zero attached hydrogens (tertiary/aromatic N) is 4. The molecule has 0 atom stereocenters. The molecule has 3 rings (SSSR count). The van der Waals surface area contributed by atoms with Crippen molar-refractivity contribution < 1.29 is 13.2 Å². The van der Waals surface area contributed by atoms with E-state index in [1.54, 1.807) is 37.3 Å². The van der Waals surface area contributed by atoms with E-state index in [1.807, 2.05) is 6.07 Å². The van der Waals surface area contributed by atoms with Crippen LogP contribution in [0.25, 0.3) is 11.2 Å². The van der Waals surface area contributed by atoms with Crippen LogP contribution in [-0.2, 0) is 12.7 Å². The lowest BCUT2D eigenvalue weighted by molar-refractivity contribution is -0.146. The van der Waals surface area contributed by atoms with Crippen molar-refractivity contribution in [2.45, 2.75) is 19.6 Å². The van der Waals surface area contributed by atoms with Crippen LogP contribution in [0.1, 0.15) is 22.5 Å². The summed E-state index contributed by atoms with van der Waals surface area (Å²) in [7, 11) is 0. The summed E-state index contributed by atoms with van der Waals surface area (Å²) < 4.78 is 40.8. The number of fused-ring (bicyclic) bond motifs is 1. The molecule has 0 saturated heterocycles. The Morgan fingerprint density at radius 2 is 1.91 bits per heavy atom. The predicted molar refractivity (Wildman–Crippen MR) is 77.5 cm³/mol. The third-order valence-electron chi connectivity index (χ3n) is 3.40. The Morgan fingerprint density at radius 1 is 1.22 bits per heavy atom. The molecule has 0 fully saturated rings. The largest absolute Gasteiger partial charge is 0.449 e. The van der Waals surface area contributed by atoms with Gasteiger partial charge in [0, 0.05) is 6.20 Å². The SMILES string of the molecule is Cc1cnc2c(c1)nc(C(F)(F)F)n2Cc1ccc(C#N)cc1. The number of hydrogen-bond donors (Lipinski definition) is 0. The molecule has 0 radical (unpaired) electrons. The van der Waals surface area contributed by atoms with E-state index < -0.39 is 12.0 Å². The Labute approximate surface area is 129 Å². The zero-order valence-corrected chi connectivity index (χ0v) is 12.1. The number of aromatic nitrogens is 3. The molecular formula is C16H11F3N4. The fourth-order valence-electron chi connectivity index (χ4n) is 2.35. The fourth-order valence-corrected chi connectivity index (χ4v) is 2.35. The highest BCUT2D eigenvalue weighted by Crippen LogP contribution is 2.31. The summed E-state index contributed by atoms with van der Waals surface area (Å²) in [5.74, 6) is -0.977. The molecular weight excluding hydrogens is 305 g/mol. The first-order chi connectivity index (χ1) is 10.9. The van der Waals surface area contributed by atoms with Gasteiger partial charge in [0.05, 0.1) is 18.2 Å². The van der Waals surface area contributed by atoms with E-state index in [0.29, 0.717) is 11.1 Å². The Bertz CT molecular complexity index is 902. The number of nitriles is 1. The molecule has 0 amide bonds. The Hall–Kier alpha value is -2.88. The van der Waals surface area contributed by atoms with Gasteiger partial charge in [-0.2, -0.15) is 18.4 Å². The van der Waals surface area contributed by atoms with Gasteiger partial charge in [-0.1, -0.05) is 12.1 Å². The summed E-state index contributed by atoms with van der Waals surface area (Å²) in [5, 5.41) is 8.78. The van der Waals surface area contributed by atoms with E-state index in [0.717, 1.165) is 10.1 Å². The third kappa shape index (κ3) is 2.88. The monoisotopic (exact) mass is 316 g/mol. The van der Waals surface area contributed by atoms with E-state index >= 15 is 0 Å². The third-order valence-corrected chi connectivity index (χ3v) is 3.40. The Balaban J connectivity index is 2.12. The molecule has 0 bridgehead atoms. The van der Waals surface area contributed by atoms with E-state index in [9.17, 15) is 13.2 Å². The van der Waals surface area contributed by atoms with Crippen molar-refractivity contribution in [3.8, 4) is 6.07 Å². The lowest BCUT2D eigenvalue weighted by Crippen LogP contribution is -2.16. The molecule has 2 aromatic heterocycles. The molecule has 0 aliphatic heterocycles. The highest BCUT2D eigenvalue weighted by molar-refractivity contribution is 5.72. The van der Waals surface area contributed by atoms with Gasteiger partial charge < -0.3 is 4.57 Å². The summed E-state index contributed by atoms with van der Waals surface area (Å²) in [6.45, 7) is 1.73. The lowest BCUT2D eigenvalue weighted by Gasteiger charge is -2.11. The molecule has 23 heavy (non-hydrogen) atoms. The van der Waals surface area contributed by atoms with Crippen LogP contribution in [0.2, 0.25) is 0 Å². The molecule has 0 N–H and O–H groups in total. The van der Waals surface area contributed by atoms with Gasteiger partial charge in [0.1, 0.15) is 5.52 Å². The molecule has 0 spiro atoms. The van der Waals surface area contributed by atoms with E-state index in [-0.39, 0.29) is 17.7 Å². The topological polar surface area (TPSA) is 54.5 Å². The van der Waals surface area contributed by atoms with Crippen molar-refractivity contribution in [1.82, 2.24) is 14.5 Å². The van der Waals surface area contributed by atoms with Crippen molar-refractivity contribution in [3.63, 3.8) is 0 Å². The van der Waals surface area contributed by atoms with E-state index in [1.165, 1.54) is 6.20 Å². The van der Waals surface area contributed by atoms with Gasteiger partial charge in [-0.05, 0) is 36.2 Å². The second-order valence-corrected chi connectivity index (χ2v) is 5.18. The minimum atomic E-state index is -4.57. The molecule has 3 aromatic rings. The van der Waals surface area contributed by atoms with E-state index in [4.69, 9.17) is 5.26 Å². The lowest BCUT2D eigenvalue weighted by atomic mass is 10.1. The predicted octanol–water partition coefficient (Wildman–Crippen LogP) is 3.68. The summed E-state index contributed by atoms with van der Waals surface area (Å²) >= 11 is 0.